The van der Waals surface area contributed by atoms with Gasteiger partial charge in [0.05, 0.1) is 16.9 Å². The lowest BCUT2D eigenvalue weighted by Crippen LogP contribution is -2.15. The third-order valence-electron chi connectivity index (χ3n) is 2.89. The van der Waals surface area contributed by atoms with E-state index in [1.54, 1.807) is 6.92 Å². The Morgan fingerprint density at radius 3 is 2.19 bits per heavy atom. The molecule has 21 heavy (non-hydrogen) atoms. The number of nitrogens with zero attached hydrogens (tertiary/aromatic N) is 1. The third-order valence-corrected chi connectivity index (χ3v) is 2.89. The van der Waals surface area contributed by atoms with Crippen LogP contribution in [-0.4, -0.2) is 16.5 Å². The number of nitro benzene ring substituents is 1. The maximum absolute atomic E-state index is 13.7. The van der Waals surface area contributed by atoms with E-state index in [1.165, 1.54) is 0 Å². The van der Waals surface area contributed by atoms with Crippen LogP contribution in [0.1, 0.15) is 42.1 Å². The number of carbonyl (C=O) groups excluding carboxylic acids is 2. The van der Waals surface area contributed by atoms with Crippen molar-refractivity contribution in [3.63, 3.8) is 0 Å². The normalized spacial score (nSPS) is 10.5. The molecule has 0 fully saturated rings. The first-order chi connectivity index (χ1) is 9.72. The Hall–Kier alpha value is -2.25. The Morgan fingerprint density at radius 2 is 1.71 bits per heavy atom. The zero-order chi connectivity index (χ0) is 16.3. The summed E-state index contributed by atoms with van der Waals surface area (Å²) in [5.74, 6) is -7.49. The van der Waals surface area contributed by atoms with Crippen LogP contribution in [0.2, 0.25) is 0 Å². The molecule has 5 nitrogen and oxygen atoms in total. The molecule has 0 radical (unpaired) electrons. The zero-order valence-electron chi connectivity index (χ0n) is 11.3. The van der Waals surface area contributed by atoms with Crippen molar-refractivity contribution < 1.29 is 27.7 Å². The van der Waals surface area contributed by atoms with Crippen LogP contribution in [0, 0.1) is 34.5 Å². The summed E-state index contributed by atoms with van der Waals surface area (Å²) < 4.78 is 40.4. The van der Waals surface area contributed by atoms with Crippen molar-refractivity contribution in [3.8, 4) is 0 Å². The SMILES string of the molecule is CCCC(=O)CC(=O)c1c(C)c([N+](=O)[O-])c(F)c(F)c1F. The Morgan fingerprint density at radius 1 is 1.14 bits per heavy atom. The van der Waals surface area contributed by atoms with Crippen molar-refractivity contribution in [1.82, 2.24) is 0 Å². The Balaban J connectivity index is 3.39. The van der Waals surface area contributed by atoms with Gasteiger partial charge in [-0.1, -0.05) is 6.92 Å². The number of halogens is 3. The van der Waals surface area contributed by atoms with E-state index < -0.39 is 57.2 Å². The number of benzene rings is 1. The van der Waals surface area contributed by atoms with E-state index in [2.05, 4.69) is 0 Å². The average molecular weight is 303 g/mol. The molecule has 0 bridgehead atoms. The summed E-state index contributed by atoms with van der Waals surface area (Å²) >= 11 is 0. The fourth-order valence-corrected chi connectivity index (χ4v) is 1.94. The monoisotopic (exact) mass is 303 g/mol. The number of rotatable bonds is 6. The van der Waals surface area contributed by atoms with Gasteiger partial charge >= 0.3 is 5.69 Å². The topological polar surface area (TPSA) is 77.3 Å². The summed E-state index contributed by atoms with van der Waals surface area (Å²) in [4.78, 5) is 32.7. The van der Waals surface area contributed by atoms with E-state index >= 15 is 0 Å². The van der Waals surface area contributed by atoms with Gasteiger partial charge in [-0.3, -0.25) is 19.7 Å². The predicted molar refractivity (Wildman–Crippen MR) is 66.6 cm³/mol. The van der Waals surface area contributed by atoms with E-state index in [0.29, 0.717) is 6.42 Å². The fraction of sp³-hybridized carbons (Fsp3) is 0.385. The molecule has 1 rings (SSSR count). The summed E-state index contributed by atoms with van der Waals surface area (Å²) in [6, 6.07) is 0. The van der Waals surface area contributed by atoms with Gasteiger partial charge in [0.1, 0.15) is 5.78 Å². The molecule has 0 aliphatic heterocycles. The van der Waals surface area contributed by atoms with E-state index in [1.807, 2.05) is 0 Å². The molecule has 0 aromatic heterocycles. The Kier molecular flexibility index (Phi) is 5.17. The first kappa shape index (κ1) is 16.8. The van der Waals surface area contributed by atoms with Crippen molar-refractivity contribution in [2.24, 2.45) is 0 Å². The van der Waals surface area contributed by atoms with Gasteiger partial charge in [0.15, 0.2) is 11.6 Å². The summed E-state index contributed by atoms with van der Waals surface area (Å²) in [7, 11) is 0. The molecule has 0 amide bonds. The molecule has 1 aromatic rings. The standard InChI is InChI=1S/C13H12F3NO4/c1-3-4-7(18)5-8(19)9-6(2)13(17(20)21)12(16)11(15)10(9)14/h3-5H2,1-2H3. The second-order valence-electron chi connectivity index (χ2n) is 4.44. The van der Waals surface area contributed by atoms with E-state index in [4.69, 9.17) is 0 Å². The largest absolute Gasteiger partial charge is 0.311 e. The van der Waals surface area contributed by atoms with Gasteiger partial charge in [-0.25, -0.2) is 8.78 Å². The van der Waals surface area contributed by atoms with Crippen molar-refractivity contribution >= 4 is 17.3 Å². The van der Waals surface area contributed by atoms with Gasteiger partial charge in [0, 0.05) is 12.0 Å². The molecule has 0 N–H and O–H groups in total. The van der Waals surface area contributed by atoms with Crippen LogP contribution in [-0.2, 0) is 4.79 Å². The number of hydrogen-bond acceptors (Lipinski definition) is 4. The molecule has 0 unspecified atom stereocenters. The fourth-order valence-electron chi connectivity index (χ4n) is 1.94. The molecule has 0 aliphatic carbocycles. The molecule has 0 saturated heterocycles. The van der Waals surface area contributed by atoms with Gasteiger partial charge < -0.3 is 0 Å². The molecule has 1 aromatic carbocycles. The van der Waals surface area contributed by atoms with Gasteiger partial charge in [-0.15, -0.1) is 0 Å². The second kappa shape index (κ2) is 6.47. The van der Waals surface area contributed by atoms with Crippen LogP contribution in [0.5, 0.6) is 0 Å². The number of Topliss-reactive ketones (excluding diaryl/α,β-unsaturated/α-hetero) is 2. The maximum Gasteiger partial charge on any atom is 0.311 e. The number of ketones is 2. The highest BCUT2D eigenvalue weighted by molar-refractivity contribution is 6.09. The minimum absolute atomic E-state index is 0.0676. The van der Waals surface area contributed by atoms with E-state index in [9.17, 15) is 32.9 Å². The highest BCUT2D eigenvalue weighted by Crippen LogP contribution is 2.31. The zero-order valence-corrected chi connectivity index (χ0v) is 11.3. The molecule has 0 heterocycles. The van der Waals surface area contributed by atoms with Crippen LogP contribution in [0.4, 0.5) is 18.9 Å². The number of hydrogen-bond donors (Lipinski definition) is 0. The first-order valence-electron chi connectivity index (χ1n) is 6.08. The molecule has 114 valence electrons. The molecular formula is C13H12F3NO4. The molecule has 0 atom stereocenters. The third kappa shape index (κ3) is 3.26. The number of carbonyl (C=O) groups is 2. The number of nitro groups is 1. The van der Waals surface area contributed by atoms with Gasteiger partial charge in [0.25, 0.3) is 0 Å². The van der Waals surface area contributed by atoms with Gasteiger partial charge in [-0.2, -0.15) is 4.39 Å². The van der Waals surface area contributed by atoms with Crippen molar-refractivity contribution in [1.29, 1.82) is 0 Å². The highest BCUT2D eigenvalue weighted by atomic mass is 19.2. The predicted octanol–water partition coefficient (Wildman–Crippen LogP) is 3.26. The van der Waals surface area contributed by atoms with Crippen LogP contribution >= 0.6 is 0 Å². The summed E-state index contributed by atoms with van der Waals surface area (Å²) in [6.07, 6.45) is -0.183. The Bertz CT molecular complexity index is 629. The van der Waals surface area contributed by atoms with Crippen LogP contribution in [0.25, 0.3) is 0 Å². The first-order valence-corrected chi connectivity index (χ1v) is 6.08. The molecule has 0 aliphatic rings. The van der Waals surface area contributed by atoms with E-state index in [-0.39, 0.29) is 6.42 Å². The lowest BCUT2D eigenvalue weighted by Gasteiger charge is -2.08. The van der Waals surface area contributed by atoms with Crippen LogP contribution < -0.4 is 0 Å². The summed E-state index contributed by atoms with van der Waals surface area (Å²) in [5.41, 5.74) is -2.89. The lowest BCUT2D eigenvalue weighted by atomic mass is 9.97. The van der Waals surface area contributed by atoms with Crippen LogP contribution in [0.15, 0.2) is 0 Å². The molecule has 8 heteroatoms. The van der Waals surface area contributed by atoms with Crippen LogP contribution in [0.3, 0.4) is 0 Å². The lowest BCUT2D eigenvalue weighted by molar-refractivity contribution is -0.388. The van der Waals surface area contributed by atoms with Gasteiger partial charge in [-0.05, 0) is 13.3 Å². The van der Waals surface area contributed by atoms with Crippen molar-refractivity contribution in [2.45, 2.75) is 33.1 Å². The average Bonchev–Trinajstić information content (AvgIpc) is 2.36. The quantitative estimate of drug-likeness (QED) is 0.266. The Labute approximate surface area is 117 Å². The minimum atomic E-state index is -2.10. The summed E-state index contributed by atoms with van der Waals surface area (Å²) in [6.45, 7) is 2.62. The highest BCUT2D eigenvalue weighted by Gasteiger charge is 2.33. The van der Waals surface area contributed by atoms with Crippen molar-refractivity contribution in [2.75, 3.05) is 0 Å². The summed E-state index contributed by atoms with van der Waals surface area (Å²) in [5, 5.41) is 10.7. The van der Waals surface area contributed by atoms with Crippen molar-refractivity contribution in [3.05, 3.63) is 38.7 Å². The molecule has 0 saturated carbocycles. The molecule has 0 spiro atoms. The smallest absolute Gasteiger partial charge is 0.299 e. The molecular weight excluding hydrogens is 291 g/mol. The van der Waals surface area contributed by atoms with Gasteiger partial charge in [0.2, 0.25) is 11.6 Å². The van der Waals surface area contributed by atoms with E-state index in [0.717, 1.165) is 6.92 Å². The second-order valence-corrected chi connectivity index (χ2v) is 4.44. The minimum Gasteiger partial charge on any atom is -0.299 e. The maximum atomic E-state index is 13.7.